The molecule has 86 valence electrons. The molecule has 3 rings (SSSR count). The fourth-order valence-electron chi connectivity index (χ4n) is 2.03. The molecule has 1 aromatic heterocycles. The van der Waals surface area contributed by atoms with Gasteiger partial charge >= 0.3 is 0 Å². The van der Waals surface area contributed by atoms with Crippen molar-refractivity contribution in [2.75, 3.05) is 36.4 Å². The second-order valence-corrected chi connectivity index (χ2v) is 4.16. The minimum Gasteiger partial charge on any atom is -0.347 e. The lowest BCUT2D eigenvalue weighted by Gasteiger charge is -2.26. The molecule has 2 aliphatic rings. The first-order chi connectivity index (χ1) is 7.83. The smallest absolute Gasteiger partial charge is 0.205 e. The summed E-state index contributed by atoms with van der Waals surface area (Å²) in [5.41, 5.74) is 0.978. The van der Waals surface area contributed by atoms with Gasteiger partial charge in [0.1, 0.15) is 11.9 Å². The van der Waals surface area contributed by atoms with Gasteiger partial charge in [0.2, 0.25) is 5.95 Å². The van der Waals surface area contributed by atoms with Crippen molar-refractivity contribution in [3.63, 3.8) is 0 Å². The van der Waals surface area contributed by atoms with Gasteiger partial charge in [0.05, 0.1) is 6.21 Å². The lowest BCUT2D eigenvalue weighted by Crippen LogP contribution is -2.44. The van der Waals surface area contributed by atoms with E-state index < -0.39 is 0 Å². The molecule has 2 aliphatic heterocycles. The predicted octanol–water partition coefficient (Wildman–Crippen LogP) is 0.00970. The van der Waals surface area contributed by atoms with Crippen LogP contribution >= 0.6 is 0 Å². The number of aliphatic imine (C=N–C) groups is 1. The number of imidazole rings is 1. The number of rotatable bonds is 1. The Bertz CT molecular complexity index is 403. The monoisotopic (exact) mass is 220 g/mol. The molecule has 0 radical (unpaired) electrons. The largest absolute Gasteiger partial charge is 0.347 e. The van der Waals surface area contributed by atoms with Crippen LogP contribution in [-0.4, -0.2) is 48.5 Å². The minimum absolute atomic E-state index is 0.117. The molecule has 0 spiro atoms. The van der Waals surface area contributed by atoms with E-state index in [9.17, 15) is 0 Å². The van der Waals surface area contributed by atoms with E-state index in [1.165, 1.54) is 0 Å². The molecule has 0 amide bonds. The maximum absolute atomic E-state index is 4.57. The number of nitrogens with zero attached hydrogens (tertiary/aromatic N) is 3. The summed E-state index contributed by atoms with van der Waals surface area (Å²) in [6, 6.07) is 0. The first kappa shape index (κ1) is 9.65. The third-order valence-electron chi connectivity index (χ3n) is 2.91. The zero-order chi connectivity index (χ0) is 11.0. The lowest BCUT2D eigenvalue weighted by atomic mass is 10.4. The summed E-state index contributed by atoms with van der Waals surface area (Å²) in [5, 5.41) is 6.56. The Hall–Kier alpha value is -1.56. The summed E-state index contributed by atoms with van der Waals surface area (Å²) >= 11 is 0. The molecule has 1 aromatic rings. The summed E-state index contributed by atoms with van der Waals surface area (Å²) in [5.74, 6) is 1.86. The quantitative estimate of drug-likeness (QED) is 0.623. The van der Waals surface area contributed by atoms with Crippen LogP contribution in [-0.2, 0) is 0 Å². The topological polar surface area (TPSA) is 68.3 Å². The van der Waals surface area contributed by atoms with E-state index in [1.54, 1.807) is 0 Å². The molecule has 0 saturated carbocycles. The van der Waals surface area contributed by atoms with E-state index in [0.29, 0.717) is 0 Å². The van der Waals surface area contributed by atoms with Gasteiger partial charge in [-0.2, -0.15) is 4.98 Å². The van der Waals surface area contributed by atoms with Crippen molar-refractivity contribution in [2.45, 2.75) is 13.1 Å². The molecule has 1 unspecified atom stereocenters. The van der Waals surface area contributed by atoms with E-state index in [1.807, 2.05) is 13.1 Å². The highest BCUT2D eigenvalue weighted by Gasteiger charge is 2.19. The highest BCUT2D eigenvalue weighted by molar-refractivity contribution is 5.87. The maximum Gasteiger partial charge on any atom is 0.205 e. The first-order valence-electron chi connectivity index (χ1n) is 5.68. The molecule has 6 heteroatoms. The molecule has 0 aliphatic carbocycles. The summed E-state index contributed by atoms with van der Waals surface area (Å²) < 4.78 is 0. The average Bonchev–Trinajstić information content (AvgIpc) is 2.73. The van der Waals surface area contributed by atoms with Gasteiger partial charge in [-0.3, -0.25) is 4.99 Å². The van der Waals surface area contributed by atoms with Gasteiger partial charge in [0.25, 0.3) is 0 Å². The number of aromatic nitrogens is 2. The second kappa shape index (κ2) is 3.79. The summed E-state index contributed by atoms with van der Waals surface area (Å²) in [7, 11) is 0. The number of fused-ring (bicyclic) bond motifs is 1. The van der Waals surface area contributed by atoms with Gasteiger partial charge in [-0.05, 0) is 6.92 Å². The predicted molar refractivity (Wildman–Crippen MR) is 64.3 cm³/mol. The van der Waals surface area contributed by atoms with Crippen LogP contribution in [0, 0.1) is 0 Å². The Morgan fingerprint density at radius 1 is 1.38 bits per heavy atom. The number of hydrogen-bond acceptors (Lipinski definition) is 5. The zero-order valence-corrected chi connectivity index (χ0v) is 9.32. The standard InChI is InChI=1S/C10H16N6/c1-7-12-6-8-9(13-7)15-10(14-8)16-4-2-11-3-5-16/h6-7,11,13H,2-5H2,1H3,(H,14,15). The Labute approximate surface area is 94.2 Å². The molecule has 0 bridgehead atoms. The molecule has 0 aromatic carbocycles. The van der Waals surface area contributed by atoms with Crippen LogP contribution in [0.15, 0.2) is 4.99 Å². The van der Waals surface area contributed by atoms with E-state index in [0.717, 1.165) is 43.6 Å². The lowest BCUT2D eigenvalue weighted by molar-refractivity contribution is 0.581. The van der Waals surface area contributed by atoms with E-state index in [-0.39, 0.29) is 6.17 Å². The van der Waals surface area contributed by atoms with Gasteiger partial charge in [0, 0.05) is 26.2 Å². The first-order valence-corrected chi connectivity index (χ1v) is 5.68. The van der Waals surface area contributed by atoms with Crippen molar-refractivity contribution in [3.8, 4) is 0 Å². The van der Waals surface area contributed by atoms with Gasteiger partial charge in [-0.15, -0.1) is 0 Å². The number of aromatic amines is 1. The number of piperazine rings is 1. The summed E-state index contributed by atoms with van der Waals surface area (Å²) in [6.07, 6.45) is 1.97. The number of hydrogen-bond donors (Lipinski definition) is 3. The van der Waals surface area contributed by atoms with Crippen molar-refractivity contribution in [3.05, 3.63) is 5.69 Å². The third kappa shape index (κ3) is 1.65. The Morgan fingerprint density at radius 2 is 2.19 bits per heavy atom. The van der Waals surface area contributed by atoms with Crippen molar-refractivity contribution < 1.29 is 0 Å². The van der Waals surface area contributed by atoms with Crippen LogP contribution in [0.3, 0.4) is 0 Å². The van der Waals surface area contributed by atoms with Crippen molar-refractivity contribution in [1.29, 1.82) is 0 Å². The van der Waals surface area contributed by atoms with Gasteiger partial charge in [0.15, 0.2) is 5.82 Å². The molecule has 3 heterocycles. The Morgan fingerprint density at radius 3 is 3.00 bits per heavy atom. The molecule has 3 N–H and O–H groups in total. The zero-order valence-electron chi connectivity index (χ0n) is 9.32. The van der Waals surface area contributed by atoms with E-state index in [4.69, 9.17) is 0 Å². The highest BCUT2D eigenvalue weighted by Crippen LogP contribution is 2.21. The van der Waals surface area contributed by atoms with Crippen LogP contribution in [0.5, 0.6) is 0 Å². The average molecular weight is 220 g/mol. The van der Waals surface area contributed by atoms with Crippen LogP contribution < -0.4 is 15.5 Å². The molecule has 1 fully saturated rings. The minimum atomic E-state index is 0.117. The number of anilines is 2. The SMILES string of the molecule is CC1N=Cc2[nH]c(N3CCNCC3)nc2N1. The normalized spacial score (nSPS) is 24.1. The van der Waals surface area contributed by atoms with E-state index >= 15 is 0 Å². The second-order valence-electron chi connectivity index (χ2n) is 4.16. The summed E-state index contributed by atoms with van der Waals surface area (Å²) in [6.45, 7) is 6.05. The molecule has 16 heavy (non-hydrogen) atoms. The van der Waals surface area contributed by atoms with Crippen LogP contribution in [0.1, 0.15) is 12.6 Å². The van der Waals surface area contributed by atoms with Crippen molar-refractivity contribution >= 4 is 18.0 Å². The Balaban J connectivity index is 1.84. The van der Waals surface area contributed by atoms with Crippen LogP contribution in [0.4, 0.5) is 11.8 Å². The maximum atomic E-state index is 4.57. The van der Waals surface area contributed by atoms with Crippen molar-refractivity contribution in [2.24, 2.45) is 4.99 Å². The van der Waals surface area contributed by atoms with Gasteiger partial charge < -0.3 is 20.5 Å². The van der Waals surface area contributed by atoms with Crippen LogP contribution in [0.2, 0.25) is 0 Å². The molecule has 1 saturated heterocycles. The Kier molecular flexibility index (Phi) is 2.28. The molecular weight excluding hydrogens is 204 g/mol. The van der Waals surface area contributed by atoms with Crippen LogP contribution in [0.25, 0.3) is 0 Å². The van der Waals surface area contributed by atoms with Crippen molar-refractivity contribution in [1.82, 2.24) is 15.3 Å². The van der Waals surface area contributed by atoms with E-state index in [2.05, 4.69) is 30.5 Å². The fraction of sp³-hybridized carbons (Fsp3) is 0.600. The molecular formula is C10H16N6. The number of H-pyrrole nitrogens is 1. The van der Waals surface area contributed by atoms with Gasteiger partial charge in [-0.1, -0.05) is 0 Å². The number of nitrogens with one attached hydrogen (secondary N) is 3. The fourth-order valence-corrected chi connectivity index (χ4v) is 2.03. The summed E-state index contributed by atoms with van der Waals surface area (Å²) in [4.78, 5) is 14.4. The molecule has 1 atom stereocenters. The van der Waals surface area contributed by atoms with Gasteiger partial charge in [-0.25, -0.2) is 0 Å². The third-order valence-corrected chi connectivity index (χ3v) is 2.91. The molecule has 6 nitrogen and oxygen atoms in total. The highest BCUT2D eigenvalue weighted by atomic mass is 15.3.